The molecule has 3 atom stereocenters. The second-order valence-electron chi connectivity index (χ2n) is 7.92. The lowest BCUT2D eigenvalue weighted by Gasteiger charge is -2.38. The van der Waals surface area contributed by atoms with Crippen molar-refractivity contribution in [3.8, 4) is 11.5 Å². The molecule has 2 N–H and O–H groups in total. The van der Waals surface area contributed by atoms with Gasteiger partial charge in [0, 0.05) is 22.9 Å². The number of ether oxygens (including phenoxy) is 3. The molecule has 32 heavy (non-hydrogen) atoms. The third-order valence-corrected chi connectivity index (χ3v) is 5.86. The second kappa shape index (κ2) is 9.46. The lowest BCUT2D eigenvalue weighted by molar-refractivity contribution is -0.151. The molecule has 2 aliphatic rings. The Morgan fingerprint density at radius 2 is 1.94 bits per heavy atom. The zero-order chi connectivity index (χ0) is 23.6. The summed E-state index contributed by atoms with van der Waals surface area (Å²) in [5.74, 6) is -3.36. The van der Waals surface area contributed by atoms with Gasteiger partial charge in [-0.2, -0.15) is 0 Å². The summed E-state index contributed by atoms with van der Waals surface area (Å²) >= 11 is 0. The molecular weight excluding hydrogens is 414 g/mol. The topological polar surface area (TPSA) is 111 Å². The minimum Gasteiger partial charge on any atom is -0.504 e. The summed E-state index contributed by atoms with van der Waals surface area (Å²) in [5, 5.41) is 13.4. The van der Waals surface area contributed by atoms with E-state index in [1.807, 2.05) is 6.92 Å². The van der Waals surface area contributed by atoms with Gasteiger partial charge in [-0.1, -0.05) is 13.0 Å². The Bertz CT molecular complexity index is 1010. The molecule has 172 valence electrons. The van der Waals surface area contributed by atoms with Crippen LogP contribution in [0.4, 0.5) is 0 Å². The number of carbonyl (C=O) groups is 3. The SMILES string of the molecule is CCOC(=O)C1=C(C)NC2=C(C(=O)[C@@H](C(=O)OC)[C@H](C)C2)[C@H]1c1ccc(O)c(OCC)c1. The van der Waals surface area contributed by atoms with Crippen LogP contribution < -0.4 is 10.1 Å². The first-order valence-electron chi connectivity index (χ1n) is 10.7. The van der Waals surface area contributed by atoms with Crippen LogP contribution in [-0.4, -0.2) is 43.2 Å². The quantitative estimate of drug-likeness (QED) is 0.510. The van der Waals surface area contributed by atoms with Crippen molar-refractivity contribution in [2.24, 2.45) is 11.8 Å². The molecule has 0 radical (unpaired) electrons. The number of allylic oxidation sites excluding steroid dienone is 3. The van der Waals surface area contributed by atoms with Gasteiger partial charge in [-0.05, 0) is 50.8 Å². The van der Waals surface area contributed by atoms with E-state index >= 15 is 0 Å². The van der Waals surface area contributed by atoms with Crippen molar-refractivity contribution in [3.05, 3.63) is 46.3 Å². The Morgan fingerprint density at radius 3 is 2.56 bits per heavy atom. The number of hydrogen-bond acceptors (Lipinski definition) is 8. The van der Waals surface area contributed by atoms with Crippen LogP contribution in [0, 0.1) is 11.8 Å². The smallest absolute Gasteiger partial charge is 0.336 e. The number of hydrogen-bond donors (Lipinski definition) is 2. The molecule has 1 aromatic rings. The molecule has 0 saturated heterocycles. The highest BCUT2D eigenvalue weighted by Crippen LogP contribution is 2.46. The van der Waals surface area contributed by atoms with E-state index in [1.54, 1.807) is 32.9 Å². The van der Waals surface area contributed by atoms with E-state index in [-0.39, 0.29) is 35.4 Å². The average Bonchev–Trinajstić information content (AvgIpc) is 2.74. The summed E-state index contributed by atoms with van der Waals surface area (Å²) in [5.41, 5.74) is 2.44. The van der Waals surface area contributed by atoms with Crippen molar-refractivity contribution in [1.29, 1.82) is 0 Å². The molecule has 3 rings (SSSR count). The van der Waals surface area contributed by atoms with Gasteiger partial charge in [-0.25, -0.2) is 4.79 Å². The minimum absolute atomic E-state index is 0.0480. The highest BCUT2D eigenvalue weighted by molar-refractivity contribution is 6.12. The predicted octanol–water partition coefficient (Wildman–Crippen LogP) is 2.97. The first-order chi connectivity index (χ1) is 15.2. The average molecular weight is 443 g/mol. The fraction of sp³-hybridized carbons (Fsp3) is 0.458. The number of esters is 2. The number of nitrogens with one attached hydrogen (secondary N) is 1. The maximum atomic E-state index is 13.6. The molecule has 0 fully saturated rings. The summed E-state index contributed by atoms with van der Waals surface area (Å²) in [6.07, 6.45) is 0.446. The molecule has 0 spiro atoms. The van der Waals surface area contributed by atoms with Crippen LogP contribution in [0.15, 0.2) is 40.7 Å². The molecule has 8 heteroatoms. The summed E-state index contributed by atoms with van der Waals surface area (Å²) in [6, 6.07) is 4.72. The van der Waals surface area contributed by atoms with Crippen molar-refractivity contribution in [2.45, 2.75) is 40.0 Å². The number of carbonyl (C=O) groups excluding carboxylic acids is 3. The second-order valence-corrected chi connectivity index (χ2v) is 7.92. The Labute approximate surface area is 187 Å². The van der Waals surface area contributed by atoms with Crippen molar-refractivity contribution in [2.75, 3.05) is 20.3 Å². The molecular formula is C24H29NO7. The van der Waals surface area contributed by atoms with Gasteiger partial charge in [-0.3, -0.25) is 9.59 Å². The predicted molar refractivity (Wildman–Crippen MR) is 116 cm³/mol. The molecule has 0 saturated carbocycles. The highest BCUT2D eigenvalue weighted by atomic mass is 16.5. The van der Waals surface area contributed by atoms with Gasteiger partial charge < -0.3 is 24.6 Å². The summed E-state index contributed by atoms with van der Waals surface area (Å²) in [6.45, 7) is 7.58. The molecule has 8 nitrogen and oxygen atoms in total. The maximum Gasteiger partial charge on any atom is 0.336 e. The Morgan fingerprint density at radius 1 is 1.22 bits per heavy atom. The molecule has 0 unspecified atom stereocenters. The highest BCUT2D eigenvalue weighted by Gasteiger charge is 2.47. The summed E-state index contributed by atoms with van der Waals surface area (Å²) < 4.78 is 15.7. The standard InChI is InChI=1S/C24H29NO7/c1-6-31-17-11-14(8-9-16(17)26)20-19(24(29)32-7-2)13(4)25-15-10-12(3)18(23(28)30-5)22(27)21(15)20/h8-9,11-12,18,20,25-26H,6-7,10H2,1-5H3/t12-,18+,20+/m1/s1. The fourth-order valence-electron chi connectivity index (χ4n) is 4.47. The van der Waals surface area contributed by atoms with Crippen molar-refractivity contribution in [1.82, 2.24) is 5.32 Å². The third-order valence-electron chi connectivity index (χ3n) is 5.86. The molecule has 1 heterocycles. The molecule has 0 bridgehead atoms. The van der Waals surface area contributed by atoms with Crippen molar-refractivity contribution < 1.29 is 33.7 Å². The fourth-order valence-corrected chi connectivity index (χ4v) is 4.47. The van der Waals surface area contributed by atoms with E-state index in [9.17, 15) is 19.5 Å². The van der Waals surface area contributed by atoms with Gasteiger partial charge in [-0.15, -0.1) is 0 Å². The van der Waals surface area contributed by atoms with Crippen LogP contribution in [0.25, 0.3) is 0 Å². The number of phenolic OH excluding ortho intramolecular Hbond substituents is 1. The van der Waals surface area contributed by atoms with E-state index in [1.165, 1.54) is 13.2 Å². The van der Waals surface area contributed by atoms with Crippen LogP contribution in [-0.2, 0) is 23.9 Å². The monoisotopic (exact) mass is 443 g/mol. The van der Waals surface area contributed by atoms with E-state index in [4.69, 9.17) is 14.2 Å². The molecule has 1 aliphatic heterocycles. The van der Waals surface area contributed by atoms with Crippen molar-refractivity contribution >= 4 is 17.7 Å². The molecule has 1 aromatic carbocycles. The number of aromatic hydroxyl groups is 1. The summed E-state index contributed by atoms with van der Waals surface area (Å²) in [7, 11) is 1.26. The molecule has 1 aliphatic carbocycles. The third kappa shape index (κ3) is 4.09. The summed E-state index contributed by atoms with van der Waals surface area (Å²) in [4.78, 5) is 39.0. The number of phenols is 1. The van der Waals surface area contributed by atoms with Crippen LogP contribution in [0.2, 0.25) is 0 Å². The number of rotatable bonds is 6. The number of Topliss-reactive ketones (excluding diaryl/α,β-unsaturated/α-hetero) is 1. The van der Waals surface area contributed by atoms with Crippen LogP contribution >= 0.6 is 0 Å². The first kappa shape index (κ1) is 23.4. The Balaban J connectivity index is 2.22. The zero-order valence-electron chi connectivity index (χ0n) is 19.0. The van der Waals surface area contributed by atoms with Gasteiger partial charge in [0.15, 0.2) is 17.3 Å². The molecule has 0 aromatic heterocycles. The van der Waals surface area contributed by atoms with Crippen LogP contribution in [0.3, 0.4) is 0 Å². The number of dihydropyridines is 1. The van der Waals surface area contributed by atoms with Gasteiger partial charge in [0.25, 0.3) is 0 Å². The lowest BCUT2D eigenvalue weighted by atomic mass is 9.69. The van der Waals surface area contributed by atoms with Crippen LogP contribution in [0.1, 0.15) is 45.6 Å². The van der Waals surface area contributed by atoms with Gasteiger partial charge in [0.05, 0.1) is 25.9 Å². The number of benzene rings is 1. The Kier molecular flexibility index (Phi) is 6.91. The van der Waals surface area contributed by atoms with E-state index in [0.717, 1.165) is 0 Å². The normalized spacial score (nSPS) is 22.8. The van der Waals surface area contributed by atoms with Gasteiger partial charge in [0.1, 0.15) is 5.92 Å². The first-order valence-corrected chi connectivity index (χ1v) is 10.7. The van der Waals surface area contributed by atoms with E-state index in [0.29, 0.717) is 35.6 Å². The number of ketones is 1. The van der Waals surface area contributed by atoms with Gasteiger partial charge >= 0.3 is 11.9 Å². The maximum absolute atomic E-state index is 13.6. The van der Waals surface area contributed by atoms with Gasteiger partial charge in [0.2, 0.25) is 0 Å². The lowest BCUT2D eigenvalue weighted by Crippen LogP contribution is -2.43. The van der Waals surface area contributed by atoms with E-state index < -0.39 is 23.8 Å². The number of methoxy groups -OCH3 is 1. The van der Waals surface area contributed by atoms with Crippen LogP contribution in [0.5, 0.6) is 11.5 Å². The largest absolute Gasteiger partial charge is 0.504 e. The minimum atomic E-state index is -0.964. The van der Waals surface area contributed by atoms with Crippen molar-refractivity contribution in [3.63, 3.8) is 0 Å². The van der Waals surface area contributed by atoms with E-state index in [2.05, 4.69) is 5.32 Å². The zero-order valence-corrected chi connectivity index (χ0v) is 19.0. The molecule has 0 amide bonds. The Hall–Kier alpha value is -3.29.